The van der Waals surface area contributed by atoms with Crippen LogP contribution in [0.4, 0.5) is 6.01 Å². The highest BCUT2D eigenvalue weighted by Gasteiger charge is 2.11. The summed E-state index contributed by atoms with van der Waals surface area (Å²) >= 11 is 5.94. The Labute approximate surface area is 129 Å². The fourth-order valence-electron chi connectivity index (χ4n) is 2.09. The lowest BCUT2D eigenvalue weighted by atomic mass is 10.2. The predicted octanol–water partition coefficient (Wildman–Crippen LogP) is 2.87. The molecule has 0 aliphatic carbocycles. The molecule has 2 rings (SSSR count). The molecule has 0 radical (unpaired) electrons. The van der Waals surface area contributed by atoms with Crippen LogP contribution in [0, 0.1) is 0 Å². The maximum Gasteiger partial charge on any atom is 0.298 e. The van der Waals surface area contributed by atoms with Gasteiger partial charge in [-0.1, -0.05) is 18.5 Å². The number of nitrogens with one attached hydrogen (secondary N) is 1. The molecule has 0 aliphatic rings. The average molecular weight is 310 g/mol. The molecular formula is C15H20ClN3O2. The monoisotopic (exact) mass is 309 g/mol. The maximum absolute atomic E-state index is 10.5. The standard InChI is InChI=1S/C15H20ClN3O2/c1-3-12(6-9-20)17-7-8-19(2)15-18-13-10-11(16)4-5-14(13)21-15/h4-5,9-10,12,17H,3,6-8H2,1-2H3. The van der Waals surface area contributed by atoms with Gasteiger partial charge in [-0.05, 0) is 24.6 Å². The third-order valence-corrected chi connectivity index (χ3v) is 3.65. The third kappa shape index (κ3) is 4.19. The van der Waals surface area contributed by atoms with E-state index in [1.165, 1.54) is 0 Å². The molecule has 0 fully saturated rings. The van der Waals surface area contributed by atoms with Crippen LogP contribution < -0.4 is 10.2 Å². The Morgan fingerprint density at radius 1 is 1.52 bits per heavy atom. The Bertz CT molecular complexity index is 600. The number of carbonyl (C=O) groups is 1. The molecule has 0 saturated carbocycles. The molecule has 2 aromatic rings. The number of halogens is 1. The minimum Gasteiger partial charge on any atom is -0.423 e. The number of aldehydes is 1. The van der Waals surface area contributed by atoms with Crippen molar-refractivity contribution in [3.63, 3.8) is 0 Å². The SMILES string of the molecule is CCC(CC=O)NCCN(C)c1nc2cc(Cl)ccc2o1. The fraction of sp³-hybridized carbons (Fsp3) is 0.467. The van der Waals surface area contributed by atoms with Crippen molar-refractivity contribution in [1.82, 2.24) is 10.3 Å². The summed E-state index contributed by atoms with van der Waals surface area (Å²) in [5, 5.41) is 4.00. The summed E-state index contributed by atoms with van der Waals surface area (Å²) in [4.78, 5) is 16.9. The number of hydrogen-bond acceptors (Lipinski definition) is 5. The Morgan fingerprint density at radius 2 is 2.33 bits per heavy atom. The van der Waals surface area contributed by atoms with Crippen molar-refractivity contribution in [2.24, 2.45) is 0 Å². The largest absolute Gasteiger partial charge is 0.423 e. The van der Waals surface area contributed by atoms with Gasteiger partial charge in [0.2, 0.25) is 0 Å². The Kier molecular flexibility index (Phi) is 5.59. The lowest BCUT2D eigenvalue weighted by molar-refractivity contribution is -0.108. The summed E-state index contributed by atoms with van der Waals surface area (Å²) in [6.07, 6.45) is 2.43. The van der Waals surface area contributed by atoms with Gasteiger partial charge < -0.3 is 19.4 Å². The molecule has 0 bridgehead atoms. The van der Waals surface area contributed by atoms with Crippen LogP contribution in [0.5, 0.6) is 0 Å². The highest BCUT2D eigenvalue weighted by atomic mass is 35.5. The minimum atomic E-state index is 0.235. The molecule has 114 valence electrons. The number of anilines is 1. The number of aromatic nitrogens is 1. The van der Waals surface area contributed by atoms with Crippen molar-refractivity contribution in [3.8, 4) is 0 Å². The van der Waals surface area contributed by atoms with E-state index in [1.807, 2.05) is 18.0 Å². The van der Waals surface area contributed by atoms with Gasteiger partial charge in [0.05, 0.1) is 0 Å². The molecule has 0 aliphatic heterocycles. The molecule has 1 heterocycles. The molecule has 1 unspecified atom stereocenters. The summed E-state index contributed by atoms with van der Waals surface area (Å²) in [6.45, 7) is 3.58. The highest BCUT2D eigenvalue weighted by molar-refractivity contribution is 6.31. The average Bonchev–Trinajstić information content (AvgIpc) is 2.89. The second-order valence-electron chi connectivity index (χ2n) is 4.99. The van der Waals surface area contributed by atoms with Crippen molar-refractivity contribution >= 4 is 35.0 Å². The Morgan fingerprint density at radius 3 is 3.05 bits per heavy atom. The van der Waals surface area contributed by atoms with E-state index in [2.05, 4.69) is 17.2 Å². The van der Waals surface area contributed by atoms with Gasteiger partial charge in [0.1, 0.15) is 11.8 Å². The van der Waals surface area contributed by atoms with Crippen LogP contribution >= 0.6 is 11.6 Å². The first-order chi connectivity index (χ1) is 10.1. The van der Waals surface area contributed by atoms with Gasteiger partial charge in [0.15, 0.2) is 5.58 Å². The second-order valence-corrected chi connectivity index (χ2v) is 5.43. The van der Waals surface area contributed by atoms with Gasteiger partial charge in [-0.15, -0.1) is 0 Å². The molecule has 0 amide bonds. The van der Waals surface area contributed by atoms with Crippen LogP contribution in [0.15, 0.2) is 22.6 Å². The molecule has 1 aromatic carbocycles. The molecule has 1 aromatic heterocycles. The van der Waals surface area contributed by atoms with Crippen molar-refractivity contribution < 1.29 is 9.21 Å². The number of carbonyl (C=O) groups excluding carboxylic acids is 1. The van der Waals surface area contributed by atoms with E-state index in [4.69, 9.17) is 16.0 Å². The number of likely N-dealkylation sites (N-methyl/N-ethyl adjacent to an activating group) is 1. The number of fused-ring (bicyclic) bond motifs is 1. The third-order valence-electron chi connectivity index (χ3n) is 3.42. The lowest BCUT2D eigenvalue weighted by Gasteiger charge is -2.18. The van der Waals surface area contributed by atoms with Gasteiger partial charge in [-0.3, -0.25) is 0 Å². The molecule has 5 nitrogen and oxygen atoms in total. The summed E-state index contributed by atoms with van der Waals surface area (Å²) in [5.74, 6) is 0. The number of nitrogens with zero attached hydrogens (tertiary/aromatic N) is 2. The summed E-state index contributed by atoms with van der Waals surface area (Å²) < 4.78 is 5.69. The molecular weight excluding hydrogens is 290 g/mol. The van der Waals surface area contributed by atoms with Crippen LogP contribution in [-0.2, 0) is 4.79 Å². The number of oxazole rings is 1. The number of rotatable bonds is 8. The van der Waals surface area contributed by atoms with E-state index < -0.39 is 0 Å². The molecule has 1 N–H and O–H groups in total. The second kappa shape index (κ2) is 7.43. The van der Waals surface area contributed by atoms with E-state index in [1.54, 1.807) is 12.1 Å². The zero-order chi connectivity index (χ0) is 15.2. The minimum absolute atomic E-state index is 0.235. The van der Waals surface area contributed by atoms with Gasteiger partial charge in [0, 0.05) is 37.6 Å². The van der Waals surface area contributed by atoms with E-state index in [-0.39, 0.29) is 6.04 Å². The first-order valence-corrected chi connectivity index (χ1v) is 7.46. The van der Waals surface area contributed by atoms with Crippen molar-refractivity contribution in [3.05, 3.63) is 23.2 Å². The normalized spacial score (nSPS) is 12.5. The lowest BCUT2D eigenvalue weighted by Crippen LogP contribution is -2.35. The Hall–Kier alpha value is -1.59. The molecule has 6 heteroatoms. The van der Waals surface area contributed by atoms with Gasteiger partial charge in [-0.25, -0.2) is 0 Å². The smallest absolute Gasteiger partial charge is 0.298 e. The topological polar surface area (TPSA) is 58.4 Å². The Balaban J connectivity index is 1.92. The van der Waals surface area contributed by atoms with Crippen LogP contribution in [0.3, 0.4) is 0 Å². The predicted molar refractivity (Wildman–Crippen MR) is 85.1 cm³/mol. The van der Waals surface area contributed by atoms with Crippen LogP contribution in [0.25, 0.3) is 11.1 Å². The highest BCUT2D eigenvalue weighted by Crippen LogP contribution is 2.23. The van der Waals surface area contributed by atoms with Gasteiger partial charge in [0.25, 0.3) is 6.01 Å². The molecule has 21 heavy (non-hydrogen) atoms. The number of benzene rings is 1. The van der Waals surface area contributed by atoms with E-state index >= 15 is 0 Å². The summed E-state index contributed by atoms with van der Waals surface area (Å²) in [5.41, 5.74) is 1.48. The molecule has 1 atom stereocenters. The van der Waals surface area contributed by atoms with E-state index in [9.17, 15) is 4.79 Å². The van der Waals surface area contributed by atoms with Crippen molar-refractivity contribution in [2.75, 3.05) is 25.0 Å². The van der Waals surface area contributed by atoms with Crippen molar-refractivity contribution in [1.29, 1.82) is 0 Å². The van der Waals surface area contributed by atoms with Crippen LogP contribution in [0.2, 0.25) is 5.02 Å². The van der Waals surface area contributed by atoms with E-state index in [0.29, 0.717) is 17.5 Å². The van der Waals surface area contributed by atoms with E-state index in [0.717, 1.165) is 36.9 Å². The zero-order valence-electron chi connectivity index (χ0n) is 12.3. The van der Waals surface area contributed by atoms with Crippen LogP contribution in [-0.4, -0.2) is 37.4 Å². The molecule has 0 spiro atoms. The summed E-state index contributed by atoms with van der Waals surface area (Å²) in [7, 11) is 1.93. The van der Waals surface area contributed by atoms with Crippen molar-refractivity contribution in [2.45, 2.75) is 25.8 Å². The van der Waals surface area contributed by atoms with Gasteiger partial charge >= 0.3 is 0 Å². The fourth-order valence-corrected chi connectivity index (χ4v) is 2.26. The molecule has 0 saturated heterocycles. The first-order valence-electron chi connectivity index (χ1n) is 7.08. The number of hydrogen-bond donors (Lipinski definition) is 1. The first kappa shape index (κ1) is 15.8. The summed E-state index contributed by atoms with van der Waals surface area (Å²) in [6, 6.07) is 6.19. The zero-order valence-corrected chi connectivity index (χ0v) is 13.1. The van der Waals surface area contributed by atoms with Gasteiger partial charge in [-0.2, -0.15) is 4.98 Å². The maximum atomic E-state index is 10.5. The van der Waals surface area contributed by atoms with Crippen LogP contribution in [0.1, 0.15) is 19.8 Å². The quantitative estimate of drug-likeness (QED) is 0.760.